The molecule has 8 nitrogen and oxygen atoms in total. The predicted octanol–water partition coefficient (Wildman–Crippen LogP) is 5.65. The SMILES string of the molecule is Cc1ccncc1-c1cnc2[nH]nc(-c3nc4c(-c5cc(F)cc(NCCN(C)C)c5)cccc4[nH]3)c2c1. The molecule has 190 valence electrons. The molecule has 0 bridgehead atoms. The molecule has 0 radical (unpaired) electrons. The first kappa shape index (κ1) is 23.7. The smallest absolute Gasteiger partial charge is 0.159 e. The maximum Gasteiger partial charge on any atom is 0.159 e. The van der Waals surface area contributed by atoms with Crippen LogP contribution in [0.4, 0.5) is 10.1 Å². The fourth-order valence-corrected chi connectivity index (χ4v) is 4.65. The van der Waals surface area contributed by atoms with Gasteiger partial charge < -0.3 is 15.2 Å². The number of hydrogen-bond acceptors (Lipinski definition) is 6. The van der Waals surface area contributed by atoms with Crippen LogP contribution in [-0.2, 0) is 0 Å². The molecule has 2 aromatic carbocycles. The molecule has 0 fully saturated rings. The number of aryl methyl sites for hydroxylation is 1. The van der Waals surface area contributed by atoms with Crippen LogP contribution in [0.5, 0.6) is 0 Å². The zero-order valence-electron chi connectivity index (χ0n) is 21.4. The van der Waals surface area contributed by atoms with Crippen LogP contribution in [0.1, 0.15) is 5.56 Å². The van der Waals surface area contributed by atoms with Gasteiger partial charge in [-0.3, -0.25) is 10.1 Å². The minimum absolute atomic E-state index is 0.301. The van der Waals surface area contributed by atoms with Crippen molar-refractivity contribution in [2.24, 2.45) is 0 Å². The summed E-state index contributed by atoms with van der Waals surface area (Å²) in [6.45, 7) is 3.61. The van der Waals surface area contributed by atoms with E-state index in [0.717, 1.165) is 56.5 Å². The lowest BCUT2D eigenvalue weighted by molar-refractivity contribution is 0.425. The summed E-state index contributed by atoms with van der Waals surface area (Å²) in [4.78, 5) is 19.2. The number of halogens is 1. The normalized spacial score (nSPS) is 11.6. The Kier molecular flexibility index (Phi) is 6.05. The molecular weight excluding hydrogens is 479 g/mol. The van der Waals surface area contributed by atoms with Gasteiger partial charge in [0.25, 0.3) is 0 Å². The lowest BCUT2D eigenvalue weighted by Crippen LogP contribution is -2.20. The molecule has 0 aliphatic heterocycles. The van der Waals surface area contributed by atoms with Gasteiger partial charge in [0.2, 0.25) is 0 Å². The highest BCUT2D eigenvalue weighted by atomic mass is 19.1. The Morgan fingerprint density at radius 3 is 2.74 bits per heavy atom. The van der Waals surface area contributed by atoms with Crippen molar-refractivity contribution in [1.82, 2.24) is 35.0 Å². The molecular formula is C29H27FN8. The van der Waals surface area contributed by atoms with E-state index in [1.165, 1.54) is 12.1 Å². The monoisotopic (exact) mass is 506 g/mol. The second-order valence-corrected chi connectivity index (χ2v) is 9.63. The van der Waals surface area contributed by atoms with Crippen molar-refractivity contribution in [2.75, 3.05) is 32.5 Å². The van der Waals surface area contributed by atoms with Gasteiger partial charge in [-0.2, -0.15) is 5.10 Å². The number of aromatic nitrogens is 6. The van der Waals surface area contributed by atoms with E-state index in [1.807, 2.05) is 63.7 Å². The Morgan fingerprint density at radius 1 is 1.00 bits per heavy atom. The molecule has 3 N–H and O–H groups in total. The summed E-state index contributed by atoms with van der Waals surface area (Å²) < 4.78 is 14.6. The molecule has 0 aliphatic carbocycles. The molecule has 9 heteroatoms. The van der Waals surface area contributed by atoms with E-state index in [9.17, 15) is 4.39 Å². The fourth-order valence-electron chi connectivity index (χ4n) is 4.65. The predicted molar refractivity (Wildman–Crippen MR) is 149 cm³/mol. The summed E-state index contributed by atoms with van der Waals surface area (Å²) in [7, 11) is 4.02. The number of H-pyrrole nitrogens is 2. The fraction of sp³-hybridized carbons (Fsp3) is 0.172. The van der Waals surface area contributed by atoms with Gasteiger partial charge in [0, 0.05) is 54.1 Å². The van der Waals surface area contributed by atoms with E-state index < -0.39 is 0 Å². The number of rotatable bonds is 7. The van der Waals surface area contributed by atoms with Crippen molar-refractivity contribution in [3.05, 3.63) is 78.5 Å². The first-order chi connectivity index (χ1) is 18.5. The van der Waals surface area contributed by atoms with Crippen LogP contribution in [0, 0.1) is 12.7 Å². The van der Waals surface area contributed by atoms with Gasteiger partial charge in [-0.25, -0.2) is 14.4 Å². The molecule has 0 saturated heterocycles. The summed E-state index contributed by atoms with van der Waals surface area (Å²) in [5, 5.41) is 11.7. The largest absolute Gasteiger partial charge is 0.384 e. The third-order valence-corrected chi connectivity index (χ3v) is 6.60. The molecule has 0 spiro atoms. The lowest BCUT2D eigenvalue weighted by atomic mass is 10.0. The first-order valence-corrected chi connectivity index (χ1v) is 12.4. The van der Waals surface area contributed by atoms with Crippen molar-refractivity contribution in [1.29, 1.82) is 0 Å². The third-order valence-electron chi connectivity index (χ3n) is 6.60. The average Bonchev–Trinajstić information content (AvgIpc) is 3.52. The molecule has 0 saturated carbocycles. The number of fused-ring (bicyclic) bond motifs is 2. The van der Waals surface area contributed by atoms with Gasteiger partial charge in [-0.15, -0.1) is 0 Å². The summed E-state index contributed by atoms with van der Waals surface area (Å²) in [6.07, 6.45) is 5.44. The van der Waals surface area contributed by atoms with Crippen LogP contribution in [0.2, 0.25) is 0 Å². The lowest BCUT2D eigenvalue weighted by Gasteiger charge is -2.13. The Hall–Kier alpha value is -4.63. The Bertz CT molecular complexity index is 1770. The minimum Gasteiger partial charge on any atom is -0.384 e. The molecule has 0 atom stereocenters. The van der Waals surface area contributed by atoms with Crippen LogP contribution in [-0.4, -0.2) is 62.2 Å². The maximum absolute atomic E-state index is 14.6. The standard InChI is InChI=1S/C29H27FN8/c1-17-7-8-31-16-24(17)19-13-23-27(36-37-28(23)33-15-19)29-34-25-6-4-5-22(26(25)35-29)18-11-20(30)14-21(12-18)32-9-10-38(2)3/h4-8,11-16,32H,9-10H2,1-3H3,(H,34,35)(H,33,36,37). The Morgan fingerprint density at radius 2 is 1.89 bits per heavy atom. The van der Waals surface area contributed by atoms with Crippen LogP contribution in [0.25, 0.3) is 55.8 Å². The minimum atomic E-state index is -0.301. The molecule has 0 unspecified atom stereocenters. The highest BCUT2D eigenvalue weighted by Crippen LogP contribution is 2.34. The number of likely N-dealkylation sites (N-methyl/N-ethyl adjacent to an activating group) is 1. The van der Waals surface area contributed by atoms with Crippen molar-refractivity contribution >= 4 is 27.8 Å². The molecule has 4 aromatic heterocycles. The second-order valence-electron chi connectivity index (χ2n) is 9.63. The molecule has 6 rings (SSSR count). The zero-order valence-corrected chi connectivity index (χ0v) is 21.4. The molecule has 0 amide bonds. The van der Waals surface area contributed by atoms with E-state index in [1.54, 1.807) is 6.20 Å². The van der Waals surface area contributed by atoms with Crippen LogP contribution < -0.4 is 5.32 Å². The van der Waals surface area contributed by atoms with Gasteiger partial charge in [-0.1, -0.05) is 12.1 Å². The number of pyridine rings is 2. The maximum atomic E-state index is 14.6. The van der Waals surface area contributed by atoms with Gasteiger partial charge in [0.1, 0.15) is 11.5 Å². The average molecular weight is 507 g/mol. The highest BCUT2D eigenvalue weighted by Gasteiger charge is 2.17. The number of para-hydroxylation sites is 1. The van der Waals surface area contributed by atoms with Crippen molar-refractivity contribution in [3.63, 3.8) is 0 Å². The zero-order chi connectivity index (χ0) is 26.2. The van der Waals surface area contributed by atoms with Crippen molar-refractivity contribution in [3.8, 4) is 33.8 Å². The summed E-state index contributed by atoms with van der Waals surface area (Å²) in [5.74, 6) is 0.312. The third kappa shape index (κ3) is 4.48. The summed E-state index contributed by atoms with van der Waals surface area (Å²) >= 11 is 0. The first-order valence-electron chi connectivity index (χ1n) is 12.4. The van der Waals surface area contributed by atoms with Gasteiger partial charge in [-0.05, 0) is 68.5 Å². The highest BCUT2D eigenvalue weighted by molar-refractivity contribution is 5.97. The number of anilines is 1. The van der Waals surface area contributed by atoms with Crippen LogP contribution >= 0.6 is 0 Å². The van der Waals surface area contributed by atoms with E-state index in [0.29, 0.717) is 23.7 Å². The number of imidazole rings is 1. The van der Waals surface area contributed by atoms with Gasteiger partial charge in [0.05, 0.1) is 16.4 Å². The molecule has 0 aliphatic rings. The van der Waals surface area contributed by atoms with E-state index in [2.05, 4.69) is 41.4 Å². The molecule has 38 heavy (non-hydrogen) atoms. The van der Waals surface area contributed by atoms with E-state index >= 15 is 0 Å². The Labute approximate surface area is 219 Å². The number of nitrogens with one attached hydrogen (secondary N) is 3. The van der Waals surface area contributed by atoms with Crippen LogP contribution in [0.3, 0.4) is 0 Å². The quantitative estimate of drug-likeness (QED) is 0.259. The summed E-state index contributed by atoms with van der Waals surface area (Å²) in [6, 6.07) is 14.9. The molecule has 4 heterocycles. The van der Waals surface area contributed by atoms with Crippen LogP contribution in [0.15, 0.2) is 67.1 Å². The number of hydrogen-bond donors (Lipinski definition) is 3. The number of nitrogens with zero attached hydrogens (tertiary/aromatic N) is 5. The Balaban J connectivity index is 1.41. The van der Waals surface area contributed by atoms with E-state index in [4.69, 9.17) is 4.98 Å². The number of benzene rings is 2. The second kappa shape index (κ2) is 9.68. The van der Waals surface area contributed by atoms with E-state index in [-0.39, 0.29) is 5.82 Å². The van der Waals surface area contributed by atoms with Gasteiger partial charge in [0.15, 0.2) is 11.5 Å². The van der Waals surface area contributed by atoms with Crippen molar-refractivity contribution in [2.45, 2.75) is 6.92 Å². The van der Waals surface area contributed by atoms with Crippen molar-refractivity contribution < 1.29 is 4.39 Å². The van der Waals surface area contributed by atoms with Gasteiger partial charge >= 0.3 is 0 Å². The molecule has 6 aromatic rings. The topological polar surface area (TPSA) is 98.4 Å². The summed E-state index contributed by atoms with van der Waals surface area (Å²) in [5.41, 5.74) is 8.34. The number of aromatic amines is 2.